The van der Waals surface area contributed by atoms with E-state index < -0.39 is 18.1 Å². The van der Waals surface area contributed by atoms with Gasteiger partial charge in [0, 0.05) is 44.5 Å². The van der Waals surface area contributed by atoms with Crippen LogP contribution in [0.25, 0.3) is 0 Å². The highest BCUT2D eigenvalue weighted by atomic mass is 19.3. The van der Waals surface area contributed by atoms with E-state index in [1.807, 2.05) is 6.20 Å². The minimum absolute atomic E-state index is 0.108. The lowest BCUT2D eigenvalue weighted by Crippen LogP contribution is -2.48. The highest BCUT2D eigenvalue weighted by Gasteiger charge is 2.31. The number of alkyl halides is 2. The molecule has 0 saturated carbocycles. The van der Waals surface area contributed by atoms with Gasteiger partial charge in [0.15, 0.2) is 0 Å². The lowest BCUT2D eigenvalue weighted by Gasteiger charge is -2.34. The smallest absolute Gasteiger partial charge is 0.298 e. The van der Waals surface area contributed by atoms with Crippen LogP contribution >= 0.6 is 0 Å². The first kappa shape index (κ1) is 15.6. The SMILES string of the molecule is Cc1noc(C(F)F)c1C(=O)N1CCN(Cc2cn[nH]c2)CC1. The van der Waals surface area contributed by atoms with Crippen LogP contribution in [0.5, 0.6) is 0 Å². The Morgan fingerprint density at radius 1 is 1.39 bits per heavy atom. The second-order valence-corrected chi connectivity index (χ2v) is 5.48. The van der Waals surface area contributed by atoms with E-state index in [1.165, 1.54) is 6.92 Å². The Balaban J connectivity index is 1.63. The van der Waals surface area contributed by atoms with Crippen molar-refractivity contribution in [1.82, 2.24) is 25.2 Å². The van der Waals surface area contributed by atoms with E-state index in [2.05, 4.69) is 24.8 Å². The molecular formula is C14H17F2N5O2. The van der Waals surface area contributed by atoms with Crippen LogP contribution in [0.3, 0.4) is 0 Å². The minimum Gasteiger partial charge on any atom is -0.354 e. The molecule has 2 aromatic rings. The van der Waals surface area contributed by atoms with Gasteiger partial charge in [-0.25, -0.2) is 8.78 Å². The van der Waals surface area contributed by atoms with Gasteiger partial charge in [-0.1, -0.05) is 5.16 Å². The molecule has 124 valence electrons. The summed E-state index contributed by atoms with van der Waals surface area (Å²) in [5.74, 6) is -1.09. The molecule has 7 nitrogen and oxygen atoms in total. The number of H-pyrrole nitrogens is 1. The van der Waals surface area contributed by atoms with Gasteiger partial charge in [0.05, 0.1) is 11.9 Å². The number of aromatic nitrogens is 3. The Morgan fingerprint density at radius 3 is 2.74 bits per heavy atom. The minimum atomic E-state index is -2.85. The number of amides is 1. The van der Waals surface area contributed by atoms with E-state index in [4.69, 9.17) is 0 Å². The zero-order chi connectivity index (χ0) is 16.4. The Bertz CT molecular complexity index is 663. The van der Waals surface area contributed by atoms with Gasteiger partial charge < -0.3 is 9.42 Å². The molecule has 1 aliphatic heterocycles. The summed E-state index contributed by atoms with van der Waals surface area (Å²) in [7, 11) is 0. The van der Waals surface area contributed by atoms with Crippen molar-refractivity contribution < 1.29 is 18.1 Å². The van der Waals surface area contributed by atoms with Crippen molar-refractivity contribution >= 4 is 5.91 Å². The molecule has 1 amide bonds. The predicted octanol–water partition coefficient (Wildman–Crippen LogP) is 1.60. The van der Waals surface area contributed by atoms with Gasteiger partial charge in [-0.3, -0.25) is 14.8 Å². The average Bonchev–Trinajstić information content (AvgIpc) is 3.17. The van der Waals surface area contributed by atoms with Crippen molar-refractivity contribution in [3.05, 3.63) is 35.0 Å². The summed E-state index contributed by atoms with van der Waals surface area (Å²) in [4.78, 5) is 16.2. The zero-order valence-corrected chi connectivity index (χ0v) is 12.6. The first-order chi connectivity index (χ1) is 11.1. The van der Waals surface area contributed by atoms with Gasteiger partial charge in [-0.2, -0.15) is 5.10 Å². The van der Waals surface area contributed by atoms with Crippen LogP contribution in [0.1, 0.15) is 33.8 Å². The van der Waals surface area contributed by atoms with Crippen LogP contribution in [0.2, 0.25) is 0 Å². The van der Waals surface area contributed by atoms with Crippen molar-refractivity contribution in [3.63, 3.8) is 0 Å². The van der Waals surface area contributed by atoms with Crippen LogP contribution in [0.15, 0.2) is 16.9 Å². The summed E-state index contributed by atoms with van der Waals surface area (Å²) in [5, 5.41) is 10.1. The number of carbonyl (C=O) groups excluding carboxylic acids is 1. The molecule has 0 unspecified atom stereocenters. The van der Waals surface area contributed by atoms with Gasteiger partial charge in [-0.05, 0) is 6.92 Å². The number of halogens is 2. The van der Waals surface area contributed by atoms with Crippen molar-refractivity contribution in [1.29, 1.82) is 0 Å². The molecule has 0 bridgehead atoms. The normalized spacial score (nSPS) is 16.3. The second kappa shape index (κ2) is 6.45. The molecule has 0 radical (unpaired) electrons. The van der Waals surface area contributed by atoms with E-state index in [1.54, 1.807) is 11.1 Å². The molecule has 1 saturated heterocycles. The van der Waals surface area contributed by atoms with Crippen LogP contribution in [0, 0.1) is 6.92 Å². The van der Waals surface area contributed by atoms with Crippen molar-refractivity contribution in [2.24, 2.45) is 0 Å². The predicted molar refractivity (Wildman–Crippen MR) is 76.0 cm³/mol. The van der Waals surface area contributed by atoms with Gasteiger partial charge >= 0.3 is 0 Å². The molecule has 3 rings (SSSR count). The molecule has 0 atom stereocenters. The van der Waals surface area contributed by atoms with Gasteiger partial charge in [0.2, 0.25) is 5.76 Å². The monoisotopic (exact) mass is 325 g/mol. The summed E-state index contributed by atoms with van der Waals surface area (Å²) in [6.45, 7) is 4.54. The summed E-state index contributed by atoms with van der Waals surface area (Å²) >= 11 is 0. The van der Waals surface area contributed by atoms with E-state index in [9.17, 15) is 13.6 Å². The lowest BCUT2D eigenvalue weighted by atomic mass is 10.1. The highest BCUT2D eigenvalue weighted by Crippen LogP contribution is 2.26. The third-order valence-corrected chi connectivity index (χ3v) is 3.92. The maximum Gasteiger partial charge on any atom is 0.298 e. The van der Waals surface area contributed by atoms with Crippen LogP contribution in [-0.2, 0) is 6.54 Å². The third kappa shape index (κ3) is 3.24. The van der Waals surface area contributed by atoms with E-state index in [-0.39, 0.29) is 11.3 Å². The third-order valence-electron chi connectivity index (χ3n) is 3.92. The lowest BCUT2D eigenvalue weighted by molar-refractivity contribution is 0.0607. The average molecular weight is 325 g/mol. The summed E-state index contributed by atoms with van der Waals surface area (Å²) < 4.78 is 30.4. The number of aromatic amines is 1. The number of rotatable bonds is 4. The Labute approximate surface area is 131 Å². The molecule has 23 heavy (non-hydrogen) atoms. The quantitative estimate of drug-likeness (QED) is 0.924. The number of nitrogens with one attached hydrogen (secondary N) is 1. The Kier molecular flexibility index (Phi) is 4.37. The molecule has 1 N–H and O–H groups in total. The summed E-state index contributed by atoms with van der Waals surface area (Å²) in [5.41, 5.74) is 1.16. The molecule has 0 aliphatic carbocycles. The Hall–Kier alpha value is -2.29. The summed E-state index contributed by atoms with van der Waals surface area (Å²) in [6, 6.07) is 0. The number of hydrogen-bond acceptors (Lipinski definition) is 5. The van der Waals surface area contributed by atoms with Crippen molar-refractivity contribution in [2.45, 2.75) is 19.9 Å². The van der Waals surface area contributed by atoms with E-state index >= 15 is 0 Å². The van der Waals surface area contributed by atoms with Crippen LogP contribution in [-0.4, -0.2) is 57.2 Å². The number of hydrogen-bond donors (Lipinski definition) is 1. The molecule has 3 heterocycles. The highest BCUT2D eigenvalue weighted by molar-refractivity contribution is 5.96. The van der Waals surface area contributed by atoms with Crippen LogP contribution < -0.4 is 0 Å². The number of piperazine rings is 1. The fourth-order valence-corrected chi connectivity index (χ4v) is 2.69. The van der Waals surface area contributed by atoms with Crippen LogP contribution in [0.4, 0.5) is 8.78 Å². The molecule has 0 spiro atoms. The molecule has 9 heteroatoms. The topological polar surface area (TPSA) is 78.3 Å². The second-order valence-electron chi connectivity index (χ2n) is 5.48. The molecule has 1 fully saturated rings. The number of aryl methyl sites for hydroxylation is 1. The van der Waals surface area contributed by atoms with E-state index in [0.29, 0.717) is 26.2 Å². The van der Waals surface area contributed by atoms with Crippen molar-refractivity contribution in [2.75, 3.05) is 26.2 Å². The van der Waals surface area contributed by atoms with Gasteiger partial charge in [0.25, 0.3) is 12.3 Å². The van der Waals surface area contributed by atoms with Gasteiger partial charge in [0.1, 0.15) is 5.56 Å². The standard InChI is InChI=1S/C14H17F2N5O2/c1-9-11(12(13(15)16)23-19-9)14(22)21-4-2-20(3-5-21)8-10-6-17-18-7-10/h6-7,13H,2-5,8H2,1H3,(H,17,18). The largest absolute Gasteiger partial charge is 0.354 e. The van der Waals surface area contributed by atoms with Gasteiger partial charge in [-0.15, -0.1) is 0 Å². The first-order valence-corrected chi connectivity index (χ1v) is 7.30. The maximum absolute atomic E-state index is 12.9. The molecule has 2 aromatic heterocycles. The fourth-order valence-electron chi connectivity index (χ4n) is 2.69. The zero-order valence-electron chi connectivity index (χ0n) is 12.6. The van der Waals surface area contributed by atoms with Crippen molar-refractivity contribution in [3.8, 4) is 0 Å². The summed E-state index contributed by atoms with van der Waals surface area (Å²) in [6.07, 6.45) is 0.734. The number of nitrogens with zero attached hydrogens (tertiary/aromatic N) is 4. The van der Waals surface area contributed by atoms with E-state index in [0.717, 1.165) is 12.1 Å². The maximum atomic E-state index is 12.9. The molecule has 0 aromatic carbocycles. The molecule has 1 aliphatic rings. The first-order valence-electron chi connectivity index (χ1n) is 7.30. The fraction of sp³-hybridized carbons (Fsp3) is 0.500. The Morgan fingerprint density at radius 2 is 2.13 bits per heavy atom. The number of carbonyl (C=O) groups is 1. The molecular weight excluding hydrogens is 308 g/mol.